The van der Waals surface area contributed by atoms with Gasteiger partial charge in [-0.05, 0) is 60.1 Å². The van der Waals surface area contributed by atoms with Crippen molar-refractivity contribution in [2.24, 2.45) is 11.1 Å². The van der Waals surface area contributed by atoms with E-state index in [0.29, 0.717) is 12.4 Å². The quantitative estimate of drug-likeness (QED) is 0.427. The van der Waals surface area contributed by atoms with Crippen molar-refractivity contribution in [3.63, 3.8) is 0 Å². The lowest BCUT2D eigenvalue weighted by molar-refractivity contribution is -0.118. The molecule has 2 aliphatic rings. The summed E-state index contributed by atoms with van der Waals surface area (Å²) in [6.45, 7) is 4.38. The van der Waals surface area contributed by atoms with Gasteiger partial charge in [0.1, 0.15) is 11.6 Å². The molecule has 2 bridgehead atoms. The minimum absolute atomic E-state index is 0.134. The van der Waals surface area contributed by atoms with Gasteiger partial charge in [-0.25, -0.2) is 23.4 Å². The van der Waals surface area contributed by atoms with E-state index in [1.54, 1.807) is 23.1 Å². The van der Waals surface area contributed by atoms with Gasteiger partial charge >= 0.3 is 0 Å². The largest absolute Gasteiger partial charge is 0.370 e. The normalized spacial score (nSPS) is 21.2. The maximum Gasteiger partial charge on any atom is 0.250 e. The van der Waals surface area contributed by atoms with Crippen LogP contribution >= 0.6 is 0 Å². The number of nitrogens with zero attached hydrogens (tertiary/aromatic N) is 6. The molecule has 4 aromatic rings. The molecule has 37 heavy (non-hydrogen) atoms. The minimum Gasteiger partial charge on any atom is -0.370 e. The van der Waals surface area contributed by atoms with Gasteiger partial charge in [-0.1, -0.05) is 19.9 Å². The van der Waals surface area contributed by atoms with Crippen molar-refractivity contribution in [1.82, 2.24) is 29.9 Å². The van der Waals surface area contributed by atoms with E-state index in [0.717, 1.165) is 35.5 Å². The number of aryl methyl sites for hydroxylation is 1. The van der Waals surface area contributed by atoms with Crippen LogP contribution in [0.2, 0.25) is 0 Å². The predicted octanol–water partition coefficient (Wildman–Crippen LogP) is 4.02. The summed E-state index contributed by atoms with van der Waals surface area (Å²) in [6.07, 6.45) is 5.82. The van der Waals surface area contributed by atoms with Crippen molar-refractivity contribution in [3.8, 4) is 17.2 Å². The number of amides is 1. The van der Waals surface area contributed by atoms with E-state index in [1.165, 1.54) is 18.2 Å². The van der Waals surface area contributed by atoms with Gasteiger partial charge < -0.3 is 5.73 Å². The first-order valence-corrected chi connectivity index (χ1v) is 12.2. The topological polar surface area (TPSA) is 112 Å². The summed E-state index contributed by atoms with van der Waals surface area (Å²) < 4.78 is 30.6. The SMILES string of the molecule is CC1(C)[C@H]2CC[C@@]1(c1ccnc(-n3ccc(CCC(N)=O)n3)n1)c1nnc(-c3c(F)cccc3F)cc12. The highest BCUT2D eigenvalue weighted by molar-refractivity contribution is 5.73. The molecule has 3 heterocycles. The van der Waals surface area contributed by atoms with Gasteiger partial charge in [0.25, 0.3) is 5.95 Å². The highest BCUT2D eigenvalue weighted by Gasteiger charge is 2.65. The fourth-order valence-corrected chi connectivity index (χ4v) is 6.31. The van der Waals surface area contributed by atoms with Crippen molar-refractivity contribution in [1.29, 1.82) is 0 Å². The number of benzene rings is 1. The van der Waals surface area contributed by atoms with Crippen molar-refractivity contribution in [2.75, 3.05) is 0 Å². The first kappa shape index (κ1) is 23.3. The van der Waals surface area contributed by atoms with Crippen molar-refractivity contribution < 1.29 is 13.6 Å². The van der Waals surface area contributed by atoms with Crippen molar-refractivity contribution >= 4 is 5.91 Å². The zero-order chi connectivity index (χ0) is 25.9. The van der Waals surface area contributed by atoms with E-state index >= 15 is 0 Å². The molecule has 0 radical (unpaired) electrons. The molecule has 1 fully saturated rings. The summed E-state index contributed by atoms with van der Waals surface area (Å²) in [7, 11) is 0. The number of aromatic nitrogens is 6. The fraction of sp³-hybridized carbons (Fsp3) is 0.333. The highest BCUT2D eigenvalue weighted by Crippen LogP contribution is 2.69. The molecule has 1 aromatic carbocycles. The van der Waals surface area contributed by atoms with Crippen LogP contribution in [0.15, 0.2) is 48.8 Å². The summed E-state index contributed by atoms with van der Waals surface area (Å²) in [5.41, 5.74) is 7.75. The zero-order valence-corrected chi connectivity index (χ0v) is 20.4. The molecule has 8 nitrogen and oxygen atoms in total. The Morgan fingerprint density at radius 3 is 2.70 bits per heavy atom. The van der Waals surface area contributed by atoms with Crippen LogP contribution in [0.5, 0.6) is 0 Å². The van der Waals surface area contributed by atoms with Crippen LogP contribution in [0.4, 0.5) is 8.78 Å². The van der Waals surface area contributed by atoms with Gasteiger partial charge in [-0.2, -0.15) is 10.2 Å². The van der Waals surface area contributed by atoms with Gasteiger partial charge in [0.2, 0.25) is 5.91 Å². The summed E-state index contributed by atoms with van der Waals surface area (Å²) in [4.78, 5) is 20.5. The number of hydrogen-bond donors (Lipinski definition) is 1. The molecule has 6 rings (SSSR count). The molecule has 10 heteroatoms. The van der Waals surface area contributed by atoms with Gasteiger partial charge in [0.15, 0.2) is 0 Å². The number of rotatable bonds is 6. The van der Waals surface area contributed by atoms with E-state index in [2.05, 4.69) is 34.1 Å². The molecule has 1 amide bonds. The maximum absolute atomic E-state index is 14.5. The van der Waals surface area contributed by atoms with Crippen LogP contribution < -0.4 is 5.73 Å². The molecule has 0 saturated heterocycles. The summed E-state index contributed by atoms with van der Waals surface area (Å²) in [6, 6.07) is 9.28. The third kappa shape index (κ3) is 3.38. The molecule has 2 aliphatic carbocycles. The lowest BCUT2D eigenvalue weighted by Gasteiger charge is -2.37. The number of nitrogens with two attached hydrogens (primary N) is 1. The zero-order valence-electron chi connectivity index (χ0n) is 20.4. The average molecular weight is 502 g/mol. The van der Waals surface area contributed by atoms with E-state index < -0.39 is 17.0 Å². The van der Waals surface area contributed by atoms with Crippen LogP contribution in [0, 0.1) is 17.0 Å². The summed E-state index contributed by atoms with van der Waals surface area (Å²) in [5.74, 6) is -1.17. The summed E-state index contributed by atoms with van der Waals surface area (Å²) in [5, 5.41) is 13.4. The molecule has 0 spiro atoms. The number of carbonyl (C=O) groups is 1. The molecule has 1 saturated carbocycles. The third-order valence-electron chi connectivity index (χ3n) is 8.16. The Morgan fingerprint density at radius 2 is 1.95 bits per heavy atom. The average Bonchev–Trinajstić information content (AvgIpc) is 3.50. The van der Waals surface area contributed by atoms with Gasteiger partial charge in [0, 0.05) is 25.2 Å². The van der Waals surface area contributed by atoms with E-state index in [9.17, 15) is 13.6 Å². The molecule has 2 N–H and O–H groups in total. The molecule has 3 aromatic heterocycles. The molecular formula is C27H25F2N7O. The summed E-state index contributed by atoms with van der Waals surface area (Å²) >= 11 is 0. The second-order valence-corrected chi connectivity index (χ2v) is 10.3. The Kier molecular flexibility index (Phi) is 5.18. The Labute approximate surface area is 212 Å². The van der Waals surface area contributed by atoms with Gasteiger partial charge in [-0.3, -0.25) is 4.79 Å². The lowest BCUT2D eigenvalue weighted by Crippen LogP contribution is -2.38. The first-order valence-electron chi connectivity index (χ1n) is 12.2. The van der Waals surface area contributed by atoms with Crippen molar-refractivity contribution in [2.45, 2.75) is 50.9 Å². The fourth-order valence-electron chi connectivity index (χ4n) is 6.31. The maximum atomic E-state index is 14.5. The second-order valence-electron chi connectivity index (χ2n) is 10.3. The molecule has 0 aliphatic heterocycles. The van der Waals surface area contributed by atoms with Gasteiger partial charge in [-0.15, -0.1) is 5.10 Å². The van der Waals surface area contributed by atoms with Crippen molar-refractivity contribution in [3.05, 3.63) is 83.1 Å². The number of primary amides is 1. The standard InChI is InChI=1S/C27H25F2N7O/c1-26(2)17-8-11-27(26,24-16(17)14-20(33-34-24)23-18(28)4-3-5-19(23)29)21-9-12-31-25(32-21)36-13-10-15(35-36)6-7-22(30)37/h3-5,9-10,12-14,17H,6-8,11H2,1-2H3,(H2,30,37)/t17-,27+/m0/s1. The third-order valence-corrected chi connectivity index (χ3v) is 8.16. The number of carbonyl (C=O) groups excluding carboxylic acids is 1. The minimum atomic E-state index is -0.666. The van der Waals surface area contributed by atoms with Crippen LogP contribution in [-0.4, -0.2) is 35.9 Å². The Hall–Kier alpha value is -4.08. The van der Waals surface area contributed by atoms with Gasteiger partial charge in [0.05, 0.1) is 33.8 Å². The number of fused-ring (bicyclic) bond motifs is 5. The first-order chi connectivity index (χ1) is 17.7. The Morgan fingerprint density at radius 1 is 1.16 bits per heavy atom. The van der Waals surface area contributed by atoms with Crippen LogP contribution in [0.3, 0.4) is 0 Å². The lowest BCUT2D eigenvalue weighted by atomic mass is 9.66. The number of halogens is 2. The van der Waals surface area contributed by atoms with E-state index in [4.69, 9.17) is 10.7 Å². The molecule has 2 atom stereocenters. The molecule has 188 valence electrons. The van der Waals surface area contributed by atoms with Crippen LogP contribution in [0.1, 0.15) is 61.7 Å². The second kappa shape index (κ2) is 8.22. The highest BCUT2D eigenvalue weighted by atomic mass is 19.1. The molecule has 0 unspecified atom stereocenters. The van der Waals surface area contributed by atoms with E-state index in [-0.39, 0.29) is 34.9 Å². The van der Waals surface area contributed by atoms with E-state index in [1.807, 2.05) is 12.1 Å². The predicted molar refractivity (Wildman–Crippen MR) is 131 cm³/mol. The number of hydrogen-bond acceptors (Lipinski definition) is 6. The smallest absolute Gasteiger partial charge is 0.250 e. The van der Waals surface area contributed by atoms with Crippen LogP contribution in [-0.2, 0) is 16.6 Å². The monoisotopic (exact) mass is 501 g/mol. The molecular weight excluding hydrogens is 476 g/mol. The van der Waals surface area contributed by atoms with Crippen LogP contribution in [0.25, 0.3) is 17.2 Å². The Balaban J connectivity index is 1.43. The Bertz CT molecular complexity index is 1530.